The minimum Gasteiger partial charge on any atom is -0.444 e. The van der Waals surface area contributed by atoms with E-state index in [2.05, 4.69) is 25.3 Å². The highest BCUT2D eigenvalue weighted by Gasteiger charge is 2.32. The third-order valence-corrected chi connectivity index (χ3v) is 7.60. The Kier molecular flexibility index (Phi) is 8.15. The maximum Gasteiger partial charge on any atom is 0.408 e. The molecule has 2 heterocycles. The van der Waals surface area contributed by atoms with Crippen molar-refractivity contribution in [3.8, 4) is 10.4 Å². The van der Waals surface area contributed by atoms with Gasteiger partial charge in [-0.1, -0.05) is 41.1 Å². The van der Waals surface area contributed by atoms with Gasteiger partial charge in [0.15, 0.2) is 10.3 Å². The molecule has 3 aromatic rings. The Balaban J connectivity index is 1.80. The fraction of sp³-hybridized carbons (Fsp3) is 0.333. The number of sulfonamides is 1. The van der Waals surface area contributed by atoms with Gasteiger partial charge in [0.25, 0.3) is 15.9 Å². The van der Waals surface area contributed by atoms with Gasteiger partial charge in [-0.2, -0.15) is 0 Å². The molecule has 0 saturated carbocycles. The SMILES string of the molecule is Cc1nc(NC(=O)C(C)(C)NC(=O)OC(C)(C)C)sc1-c1cnc(Cl)c(NS(=O)(=O)c2ccccc2)c1. The fourth-order valence-electron chi connectivity index (χ4n) is 3.03. The summed E-state index contributed by atoms with van der Waals surface area (Å²) in [5, 5.41) is 5.53. The van der Waals surface area contributed by atoms with Crippen LogP contribution in [0.3, 0.4) is 0 Å². The van der Waals surface area contributed by atoms with Crippen molar-refractivity contribution >= 4 is 55.8 Å². The van der Waals surface area contributed by atoms with Gasteiger partial charge in [0.05, 0.1) is 21.2 Å². The summed E-state index contributed by atoms with van der Waals surface area (Å²) in [4.78, 5) is 34.2. The first kappa shape index (κ1) is 28.4. The van der Waals surface area contributed by atoms with Gasteiger partial charge >= 0.3 is 6.09 Å². The van der Waals surface area contributed by atoms with Crippen LogP contribution in [0.1, 0.15) is 40.3 Å². The standard InChI is InChI=1S/C24H28ClN5O5S2/c1-14-18(36-21(27-14)28-20(31)24(5,6)29-22(32)35-23(2,3)4)15-12-17(19(25)26-13-15)30-37(33,34)16-10-8-7-9-11-16/h7-13,30H,1-6H3,(H,29,32)(H,27,28,31). The van der Waals surface area contributed by atoms with Crippen molar-refractivity contribution in [1.82, 2.24) is 15.3 Å². The Labute approximate surface area is 224 Å². The highest BCUT2D eigenvalue weighted by molar-refractivity contribution is 7.92. The number of hydrogen-bond acceptors (Lipinski definition) is 8. The molecule has 0 atom stereocenters. The van der Waals surface area contributed by atoms with Gasteiger partial charge in [-0.15, -0.1) is 0 Å². The number of carbonyl (C=O) groups excluding carboxylic acids is 2. The van der Waals surface area contributed by atoms with Crippen LogP contribution < -0.4 is 15.4 Å². The van der Waals surface area contributed by atoms with Crippen molar-refractivity contribution < 1.29 is 22.7 Å². The Morgan fingerprint density at radius 2 is 1.73 bits per heavy atom. The molecule has 0 radical (unpaired) electrons. The van der Waals surface area contributed by atoms with Crippen LogP contribution in [-0.4, -0.2) is 41.5 Å². The van der Waals surface area contributed by atoms with Crippen LogP contribution in [0.5, 0.6) is 0 Å². The lowest BCUT2D eigenvalue weighted by molar-refractivity contribution is -0.121. The van der Waals surface area contributed by atoms with E-state index in [4.69, 9.17) is 16.3 Å². The first-order valence-electron chi connectivity index (χ1n) is 11.1. The molecule has 0 aliphatic heterocycles. The second-order valence-corrected chi connectivity index (χ2v) is 12.7. The molecule has 0 unspecified atom stereocenters. The molecule has 0 aliphatic carbocycles. The third kappa shape index (κ3) is 7.40. The minimum atomic E-state index is -3.88. The van der Waals surface area contributed by atoms with Crippen LogP contribution in [0.25, 0.3) is 10.4 Å². The van der Waals surface area contributed by atoms with E-state index in [1.165, 1.54) is 29.7 Å². The summed E-state index contributed by atoms with van der Waals surface area (Å²) < 4.78 is 33.2. The monoisotopic (exact) mass is 565 g/mol. The predicted octanol–water partition coefficient (Wildman–Crippen LogP) is 5.21. The first-order valence-corrected chi connectivity index (χ1v) is 13.8. The topological polar surface area (TPSA) is 139 Å². The summed E-state index contributed by atoms with van der Waals surface area (Å²) in [5.74, 6) is -0.496. The Morgan fingerprint density at radius 1 is 1.08 bits per heavy atom. The minimum absolute atomic E-state index is 0.0195. The third-order valence-electron chi connectivity index (χ3n) is 4.80. The number of hydrogen-bond donors (Lipinski definition) is 3. The number of rotatable bonds is 7. The molecular formula is C24H28ClN5O5S2. The number of carbonyl (C=O) groups is 2. The number of aromatic nitrogens is 2. The van der Waals surface area contributed by atoms with Gasteiger partial charge in [0, 0.05) is 11.8 Å². The maximum atomic E-state index is 12.9. The number of aryl methyl sites for hydroxylation is 1. The summed E-state index contributed by atoms with van der Waals surface area (Å²) in [5.41, 5.74) is -0.758. The average Bonchev–Trinajstić information content (AvgIpc) is 3.14. The Morgan fingerprint density at radius 3 is 2.35 bits per heavy atom. The predicted molar refractivity (Wildman–Crippen MR) is 144 cm³/mol. The lowest BCUT2D eigenvalue weighted by Crippen LogP contribution is -2.53. The molecule has 3 rings (SSSR count). The summed E-state index contributed by atoms with van der Waals surface area (Å²) in [6.45, 7) is 10.0. The molecule has 0 fully saturated rings. The summed E-state index contributed by atoms with van der Waals surface area (Å²) in [6, 6.07) is 9.43. The van der Waals surface area contributed by atoms with Crippen molar-refractivity contribution in [3.05, 3.63) is 53.4 Å². The molecule has 0 saturated heterocycles. The van der Waals surface area contributed by atoms with Crippen LogP contribution in [0.4, 0.5) is 15.6 Å². The molecule has 1 aromatic carbocycles. The second-order valence-electron chi connectivity index (χ2n) is 9.62. The Bertz CT molecular complexity index is 1420. The van der Waals surface area contributed by atoms with E-state index in [-0.39, 0.29) is 20.9 Å². The number of ether oxygens (including phenoxy) is 1. The molecule has 0 aliphatic rings. The van der Waals surface area contributed by atoms with Gasteiger partial charge < -0.3 is 10.1 Å². The van der Waals surface area contributed by atoms with Gasteiger partial charge in [-0.3, -0.25) is 14.8 Å². The molecule has 10 nitrogen and oxygen atoms in total. The second kappa shape index (κ2) is 10.6. The molecular weight excluding hydrogens is 538 g/mol. The van der Waals surface area contributed by atoms with Crippen LogP contribution in [0, 0.1) is 6.92 Å². The zero-order valence-corrected chi connectivity index (χ0v) is 23.6. The summed E-state index contributed by atoms with van der Waals surface area (Å²) >= 11 is 7.34. The number of nitrogens with one attached hydrogen (secondary N) is 3. The fourth-order valence-corrected chi connectivity index (χ4v) is 5.26. The first-order chi connectivity index (χ1) is 17.1. The van der Waals surface area contributed by atoms with E-state index < -0.39 is 33.2 Å². The van der Waals surface area contributed by atoms with Gasteiger partial charge in [0.2, 0.25) is 0 Å². The van der Waals surface area contributed by atoms with E-state index in [0.29, 0.717) is 16.1 Å². The van der Waals surface area contributed by atoms with Gasteiger partial charge in [-0.25, -0.2) is 23.2 Å². The number of anilines is 2. The van der Waals surface area contributed by atoms with Crippen LogP contribution in [-0.2, 0) is 19.6 Å². The van der Waals surface area contributed by atoms with E-state index in [1.807, 2.05) is 0 Å². The zero-order valence-electron chi connectivity index (χ0n) is 21.2. The van der Waals surface area contributed by atoms with Crippen molar-refractivity contribution in [3.63, 3.8) is 0 Å². The van der Waals surface area contributed by atoms with E-state index in [1.54, 1.807) is 65.8 Å². The lowest BCUT2D eigenvalue weighted by atomic mass is 10.1. The van der Waals surface area contributed by atoms with Crippen LogP contribution >= 0.6 is 22.9 Å². The van der Waals surface area contributed by atoms with Crippen molar-refractivity contribution in [2.75, 3.05) is 10.0 Å². The number of benzene rings is 1. The van der Waals surface area contributed by atoms with E-state index >= 15 is 0 Å². The van der Waals surface area contributed by atoms with Gasteiger partial charge in [0.1, 0.15) is 11.1 Å². The molecule has 37 heavy (non-hydrogen) atoms. The summed E-state index contributed by atoms with van der Waals surface area (Å²) in [6.07, 6.45) is 0.768. The van der Waals surface area contributed by atoms with E-state index in [0.717, 1.165) is 0 Å². The highest BCUT2D eigenvalue weighted by atomic mass is 35.5. The molecule has 13 heteroatoms. The van der Waals surface area contributed by atoms with Gasteiger partial charge in [-0.05, 0) is 59.7 Å². The lowest BCUT2D eigenvalue weighted by Gasteiger charge is -2.27. The van der Waals surface area contributed by atoms with Crippen molar-refractivity contribution in [2.45, 2.75) is 57.6 Å². The largest absolute Gasteiger partial charge is 0.444 e. The number of nitrogens with zero attached hydrogens (tertiary/aromatic N) is 2. The summed E-state index contributed by atoms with van der Waals surface area (Å²) in [7, 11) is -3.88. The number of alkyl carbamates (subject to hydrolysis) is 1. The molecule has 0 bridgehead atoms. The smallest absolute Gasteiger partial charge is 0.408 e. The quantitative estimate of drug-likeness (QED) is 0.334. The molecule has 3 N–H and O–H groups in total. The maximum absolute atomic E-state index is 12.9. The number of pyridine rings is 1. The van der Waals surface area contributed by atoms with Crippen molar-refractivity contribution in [1.29, 1.82) is 0 Å². The molecule has 198 valence electrons. The van der Waals surface area contributed by atoms with E-state index in [9.17, 15) is 18.0 Å². The highest BCUT2D eigenvalue weighted by Crippen LogP contribution is 2.36. The molecule has 2 amide bonds. The van der Waals surface area contributed by atoms with Crippen LogP contribution in [0.15, 0.2) is 47.5 Å². The Hall–Kier alpha value is -3.22. The van der Waals surface area contributed by atoms with Crippen molar-refractivity contribution in [2.24, 2.45) is 0 Å². The molecule has 2 aromatic heterocycles. The number of halogens is 1. The molecule has 0 spiro atoms. The number of thiazole rings is 1. The average molecular weight is 566 g/mol. The normalized spacial score (nSPS) is 12.1. The number of amides is 2. The zero-order chi connectivity index (χ0) is 27.6. The van der Waals surface area contributed by atoms with Crippen LogP contribution in [0.2, 0.25) is 5.15 Å².